The number of benzene rings is 1. The van der Waals surface area contributed by atoms with Gasteiger partial charge in [0.05, 0.1) is 5.56 Å². The van der Waals surface area contributed by atoms with Gasteiger partial charge in [-0.15, -0.1) is 0 Å². The maximum absolute atomic E-state index is 12.7. The third-order valence-corrected chi connectivity index (χ3v) is 2.83. The van der Waals surface area contributed by atoms with E-state index >= 15 is 0 Å². The minimum absolute atomic E-state index is 0.00956. The van der Waals surface area contributed by atoms with Gasteiger partial charge in [-0.2, -0.15) is 13.2 Å². The Kier molecular flexibility index (Phi) is 3.28. The average molecular weight is 290 g/mol. The van der Waals surface area contributed by atoms with Crippen LogP contribution < -0.4 is 0 Å². The first-order valence-electron chi connectivity index (χ1n) is 5.09. The fourth-order valence-corrected chi connectivity index (χ4v) is 1.91. The Bertz CT molecular complexity index is 634. The van der Waals surface area contributed by atoms with Gasteiger partial charge in [0.15, 0.2) is 0 Å². The second kappa shape index (κ2) is 4.62. The molecule has 0 amide bonds. The van der Waals surface area contributed by atoms with E-state index in [-0.39, 0.29) is 10.7 Å². The molecule has 0 atom stereocenters. The van der Waals surface area contributed by atoms with Crippen molar-refractivity contribution in [1.82, 2.24) is 4.98 Å². The normalized spacial score (nSPS) is 11.6. The third kappa shape index (κ3) is 2.58. The number of aromatic nitrogens is 1. The van der Waals surface area contributed by atoms with Crippen molar-refractivity contribution in [2.24, 2.45) is 0 Å². The van der Waals surface area contributed by atoms with Crippen LogP contribution in [0.1, 0.15) is 16.1 Å². The van der Waals surface area contributed by atoms with E-state index in [1.165, 1.54) is 12.1 Å². The molecule has 0 saturated heterocycles. The van der Waals surface area contributed by atoms with Crippen LogP contribution in [-0.4, -0.2) is 16.1 Å². The first-order valence-corrected chi connectivity index (χ1v) is 5.47. The van der Waals surface area contributed by atoms with E-state index in [4.69, 9.17) is 16.7 Å². The first-order chi connectivity index (χ1) is 8.80. The molecule has 100 valence electrons. The number of nitrogens with one attached hydrogen (secondary N) is 1. The summed E-state index contributed by atoms with van der Waals surface area (Å²) >= 11 is 5.87. The molecular weight excluding hydrogens is 283 g/mol. The van der Waals surface area contributed by atoms with Crippen LogP contribution in [0.2, 0.25) is 5.02 Å². The van der Waals surface area contributed by atoms with Crippen LogP contribution in [0.4, 0.5) is 13.2 Å². The Morgan fingerprint density at radius 1 is 1.26 bits per heavy atom. The highest BCUT2D eigenvalue weighted by atomic mass is 35.5. The summed E-state index contributed by atoms with van der Waals surface area (Å²) < 4.78 is 38.1. The fraction of sp³-hybridized carbons (Fsp3) is 0.0833. The molecule has 1 heterocycles. The van der Waals surface area contributed by atoms with E-state index in [1.54, 1.807) is 12.1 Å². The minimum atomic E-state index is -4.77. The molecule has 0 fully saturated rings. The molecule has 0 radical (unpaired) electrons. The Labute approximate surface area is 110 Å². The molecule has 7 heteroatoms. The lowest BCUT2D eigenvalue weighted by atomic mass is 10.1. The largest absolute Gasteiger partial charge is 0.478 e. The smallest absolute Gasteiger partial charge is 0.432 e. The Morgan fingerprint density at radius 2 is 1.89 bits per heavy atom. The van der Waals surface area contributed by atoms with Crippen LogP contribution >= 0.6 is 11.6 Å². The lowest BCUT2D eigenvalue weighted by Gasteiger charge is -2.05. The van der Waals surface area contributed by atoms with E-state index in [2.05, 4.69) is 4.98 Å². The van der Waals surface area contributed by atoms with Crippen molar-refractivity contribution < 1.29 is 23.1 Å². The average Bonchev–Trinajstić information content (AvgIpc) is 2.74. The maximum Gasteiger partial charge on any atom is 0.432 e. The monoisotopic (exact) mass is 289 g/mol. The molecule has 1 aromatic heterocycles. The van der Waals surface area contributed by atoms with Crippen LogP contribution in [0.5, 0.6) is 0 Å². The molecule has 19 heavy (non-hydrogen) atoms. The van der Waals surface area contributed by atoms with Crippen molar-refractivity contribution in [3.8, 4) is 11.3 Å². The van der Waals surface area contributed by atoms with E-state index in [0.29, 0.717) is 5.56 Å². The zero-order valence-corrected chi connectivity index (χ0v) is 10.0. The molecule has 2 aromatic rings. The quantitative estimate of drug-likeness (QED) is 0.876. The van der Waals surface area contributed by atoms with Gasteiger partial charge in [0, 0.05) is 16.3 Å². The molecule has 0 aliphatic rings. The van der Waals surface area contributed by atoms with Gasteiger partial charge in [0.2, 0.25) is 0 Å². The molecule has 2 rings (SSSR count). The first kappa shape index (κ1) is 13.5. The van der Waals surface area contributed by atoms with Crippen molar-refractivity contribution in [3.05, 3.63) is 46.6 Å². The predicted octanol–water partition coefficient (Wildman–Crippen LogP) is 4.05. The van der Waals surface area contributed by atoms with Crippen LogP contribution in [0, 0.1) is 0 Å². The van der Waals surface area contributed by atoms with Gasteiger partial charge in [-0.25, -0.2) is 4.79 Å². The Hall–Kier alpha value is -1.95. The summed E-state index contributed by atoms with van der Waals surface area (Å²) in [5, 5.41) is 9.04. The van der Waals surface area contributed by atoms with Crippen LogP contribution in [0.15, 0.2) is 30.3 Å². The predicted molar refractivity (Wildman–Crippen MR) is 63.2 cm³/mol. The number of H-pyrrole nitrogens is 1. The molecule has 0 bridgehead atoms. The number of alkyl halides is 3. The highest BCUT2D eigenvalue weighted by Crippen LogP contribution is 2.36. The molecule has 2 N–H and O–H groups in total. The van der Waals surface area contributed by atoms with Crippen LogP contribution in [-0.2, 0) is 6.18 Å². The highest BCUT2D eigenvalue weighted by molar-refractivity contribution is 6.33. The van der Waals surface area contributed by atoms with Gasteiger partial charge in [-0.1, -0.05) is 29.8 Å². The summed E-state index contributed by atoms with van der Waals surface area (Å²) in [5.74, 6) is -1.65. The van der Waals surface area contributed by atoms with Crippen molar-refractivity contribution in [1.29, 1.82) is 0 Å². The fourth-order valence-electron chi connectivity index (χ4n) is 1.67. The number of rotatable bonds is 2. The van der Waals surface area contributed by atoms with E-state index < -0.39 is 23.4 Å². The van der Waals surface area contributed by atoms with E-state index in [9.17, 15) is 18.0 Å². The number of carbonyl (C=O) groups is 1. The van der Waals surface area contributed by atoms with Crippen molar-refractivity contribution in [3.63, 3.8) is 0 Å². The second-order valence-electron chi connectivity index (χ2n) is 3.75. The number of aromatic carboxylic acids is 1. The van der Waals surface area contributed by atoms with Crippen LogP contribution in [0.3, 0.4) is 0 Å². The van der Waals surface area contributed by atoms with Crippen LogP contribution in [0.25, 0.3) is 11.3 Å². The zero-order chi connectivity index (χ0) is 14.2. The summed E-state index contributed by atoms with van der Waals surface area (Å²) in [6.45, 7) is 0. The summed E-state index contributed by atoms with van der Waals surface area (Å²) in [6.07, 6.45) is -4.77. The third-order valence-electron chi connectivity index (χ3n) is 2.50. The number of hydrogen-bond donors (Lipinski definition) is 2. The molecule has 0 spiro atoms. The molecule has 1 aromatic carbocycles. The number of carboxylic acid groups (broad SMARTS) is 1. The minimum Gasteiger partial charge on any atom is -0.478 e. The van der Waals surface area contributed by atoms with E-state index in [0.717, 1.165) is 6.07 Å². The van der Waals surface area contributed by atoms with Gasteiger partial charge in [-0.3, -0.25) is 0 Å². The molecule has 3 nitrogen and oxygen atoms in total. The van der Waals surface area contributed by atoms with Gasteiger partial charge < -0.3 is 10.1 Å². The molecule has 0 saturated carbocycles. The number of hydrogen-bond acceptors (Lipinski definition) is 1. The molecular formula is C12H7ClF3NO2. The zero-order valence-electron chi connectivity index (χ0n) is 9.25. The summed E-state index contributed by atoms with van der Waals surface area (Å²) in [6, 6.07) is 7.14. The number of carboxylic acids is 1. The number of aromatic amines is 1. The lowest BCUT2D eigenvalue weighted by molar-refractivity contribution is -0.141. The van der Waals surface area contributed by atoms with Crippen molar-refractivity contribution in [2.75, 3.05) is 0 Å². The van der Waals surface area contributed by atoms with Gasteiger partial charge in [0.1, 0.15) is 5.69 Å². The molecule has 0 aliphatic heterocycles. The standard InChI is InChI=1S/C12H7ClF3NO2/c13-8-4-2-1-3-6(8)9-5-7(11(18)19)10(17-9)12(14,15)16/h1-5,17H,(H,18,19). The Balaban J connectivity index is 2.62. The summed E-state index contributed by atoms with van der Waals surface area (Å²) in [4.78, 5) is 12.9. The Morgan fingerprint density at radius 3 is 2.37 bits per heavy atom. The second-order valence-corrected chi connectivity index (χ2v) is 4.16. The molecule has 0 unspecified atom stereocenters. The van der Waals surface area contributed by atoms with Crippen molar-refractivity contribution in [2.45, 2.75) is 6.18 Å². The SMILES string of the molecule is O=C(O)c1cc(-c2ccccc2Cl)[nH]c1C(F)(F)F. The summed E-state index contributed by atoms with van der Waals surface area (Å²) in [7, 11) is 0. The van der Waals surface area contributed by atoms with Crippen molar-refractivity contribution >= 4 is 17.6 Å². The van der Waals surface area contributed by atoms with E-state index in [1.807, 2.05) is 0 Å². The maximum atomic E-state index is 12.7. The van der Waals surface area contributed by atoms with Gasteiger partial charge in [0.25, 0.3) is 0 Å². The van der Waals surface area contributed by atoms with Gasteiger partial charge >= 0.3 is 12.1 Å². The topological polar surface area (TPSA) is 53.1 Å². The lowest BCUT2D eigenvalue weighted by Crippen LogP contribution is -2.11. The number of halogens is 4. The van der Waals surface area contributed by atoms with Gasteiger partial charge in [-0.05, 0) is 12.1 Å². The highest BCUT2D eigenvalue weighted by Gasteiger charge is 2.38. The molecule has 0 aliphatic carbocycles. The summed E-state index contributed by atoms with van der Waals surface area (Å²) in [5.41, 5.74) is -1.81.